The van der Waals surface area contributed by atoms with Crippen LogP contribution in [-0.4, -0.2) is 49.4 Å². The molecule has 2 N–H and O–H groups in total. The first-order chi connectivity index (χ1) is 19.0. The van der Waals surface area contributed by atoms with Crippen LogP contribution in [0, 0.1) is 35.0 Å². The molecule has 0 radical (unpaired) electrons. The predicted octanol–water partition coefficient (Wildman–Crippen LogP) is 4.56. The molecule has 40 heavy (non-hydrogen) atoms. The number of halogens is 5. The van der Waals surface area contributed by atoms with Crippen LogP contribution in [-0.2, 0) is 9.59 Å². The average Bonchev–Trinajstić information content (AvgIpc) is 3.55. The molecule has 0 saturated carbocycles. The highest BCUT2D eigenvalue weighted by molar-refractivity contribution is 6.36. The van der Waals surface area contributed by atoms with Gasteiger partial charge in [-0.05, 0) is 18.6 Å². The first kappa shape index (κ1) is 27.0. The standard InChI is InChI=1S/C26H21F5N6O3/c1-11(2)22(38)26(39)36-6-5-12(9-36)37-25-18(24(32)33-10-34-25)21(35-37)14-4-3-13(7-15(14)27)40-23-19(30)16(28)8-17(29)20(23)31/h3-4,7-8,10-12H,5-6,9H2,1-2H3,(H2,32,33,34)/t12-/m1/s1. The fraction of sp³-hybridized carbons (Fsp3) is 0.269. The van der Waals surface area contributed by atoms with E-state index >= 15 is 4.39 Å². The Bertz CT molecular complexity index is 1650. The molecule has 208 valence electrons. The van der Waals surface area contributed by atoms with E-state index in [1.54, 1.807) is 13.8 Å². The molecule has 1 atom stereocenters. The molecule has 9 nitrogen and oxygen atoms in total. The van der Waals surface area contributed by atoms with Crippen LogP contribution in [0.4, 0.5) is 27.8 Å². The van der Waals surface area contributed by atoms with Crippen LogP contribution in [0.3, 0.4) is 0 Å². The van der Waals surface area contributed by atoms with Crippen molar-refractivity contribution in [2.24, 2.45) is 5.92 Å². The molecule has 0 aliphatic carbocycles. The Labute approximate surface area is 223 Å². The van der Waals surface area contributed by atoms with Crippen molar-refractivity contribution in [1.29, 1.82) is 0 Å². The van der Waals surface area contributed by atoms with Gasteiger partial charge in [-0.3, -0.25) is 9.59 Å². The maximum atomic E-state index is 15.3. The van der Waals surface area contributed by atoms with Gasteiger partial charge in [0.1, 0.15) is 29.4 Å². The van der Waals surface area contributed by atoms with Crippen LogP contribution in [0.5, 0.6) is 11.5 Å². The van der Waals surface area contributed by atoms with E-state index in [1.807, 2.05) is 0 Å². The van der Waals surface area contributed by atoms with Gasteiger partial charge in [-0.15, -0.1) is 0 Å². The number of carbonyl (C=O) groups excluding carboxylic acids is 2. The molecule has 0 spiro atoms. The SMILES string of the molecule is CC(C)C(=O)C(=O)N1CC[C@@H](n2nc(-c3ccc(Oc4c(F)c(F)cc(F)c4F)cc3F)c3c(N)ncnc32)C1. The number of benzene rings is 2. The third-order valence-corrected chi connectivity index (χ3v) is 6.54. The average molecular weight is 560 g/mol. The van der Waals surface area contributed by atoms with Gasteiger partial charge < -0.3 is 15.4 Å². The summed E-state index contributed by atoms with van der Waals surface area (Å²) in [5.41, 5.74) is 6.27. The van der Waals surface area contributed by atoms with Gasteiger partial charge in [0.2, 0.25) is 23.2 Å². The van der Waals surface area contributed by atoms with Crippen molar-refractivity contribution < 1.29 is 36.3 Å². The summed E-state index contributed by atoms with van der Waals surface area (Å²) in [6.45, 7) is 3.73. The van der Waals surface area contributed by atoms with E-state index in [0.717, 1.165) is 12.1 Å². The van der Waals surface area contributed by atoms with Gasteiger partial charge in [0.25, 0.3) is 5.91 Å². The minimum absolute atomic E-state index is 0.00808. The summed E-state index contributed by atoms with van der Waals surface area (Å²) in [4.78, 5) is 34.4. The highest BCUT2D eigenvalue weighted by atomic mass is 19.2. The van der Waals surface area contributed by atoms with Gasteiger partial charge >= 0.3 is 0 Å². The van der Waals surface area contributed by atoms with Crippen LogP contribution in [0.2, 0.25) is 0 Å². The molecule has 1 aliphatic heterocycles. The van der Waals surface area contributed by atoms with E-state index < -0.39 is 64.2 Å². The number of nitrogens with two attached hydrogens (primary N) is 1. The van der Waals surface area contributed by atoms with Crippen molar-refractivity contribution in [2.75, 3.05) is 18.8 Å². The first-order valence-corrected chi connectivity index (χ1v) is 12.1. The van der Waals surface area contributed by atoms with Gasteiger partial charge in [-0.1, -0.05) is 13.8 Å². The van der Waals surface area contributed by atoms with Crippen LogP contribution in [0.25, 0.3) is 22.3 Å². The maximum absolute atomic E-state index is 15.3. The summed E-state index contributed by atoms with van der Waals surface area (Å²) in [6, 6.07) is 2.68. The number of nitrogen functional groups attached to an aromatic ring is 1. The molecule has 14 heteroatoms. The number of Topliss-reactive ketones (excluding diaryl/α,β-unsaturated/α-hetero) is 1. The Morgan fingerprint density at radius 3 is 2.38 bits per heavy atom. The number of rotatable bonds is 6. The number of fused-ring (bicyclic) bond motifs is 1. The molecule has 2 aromatic heterocycles. The molecule has 1 aliphatic rings. The second-order valence-electron chi connectivity index (χ2n) is 9.50. The number of aromatic nitrogens is 4. The second kappa shape index (κ2) is 10.2. The Kier molecular flexibility index (Phi) is 6.85. The van der Waals surface area contributed by atoms with Gasteiger partial charge in [0.05, 0.1) is 11.4 Å². The number of hydrogen-bond acceptors (Lipinski definition) is 7. The predicted molar refractivity (Wildman–Crippen MR) is 132 cm³/mol. The molecule has 1 fully saturated rings. The Balaban J connectivity index is 1.50. The van der Waals surface area contributed by atoms with Crippen molar-refractivity contribution in [3.8, 4) is 22.8 Å². The number of amides is 1. The van der Waals surface area contributed by atoms with E-state index in [9.17, 15) is 27.2 Å². The monoisotopic (exact) mass is 560 g/mol. The van der Waals surface area contributed by atoms with E-state index in [0.29, 0.717) is 13.0 Å². The van der Waals surface area contributed by atoms with Crippen LogP contribution in [0.15, 0.2) is 30.6 Å². The van der Waals surface area contributed by atoms with Crippen molar-refractivity contribution in [2.45, 2.75) is 26.3 Å². The first-order valence-electron chi connectivity index (χ1n) is 12.1. The smallest absolute Gasteiger partial charge is 0.290 e. The number of nitrogens with zero attached hydrogens (tertiary/aromatic N) is 5. The molecule has 4 aromatic rings. The van der Waals surface area contributed by atoms with E-state index in [1.165, 1.54) is 22.0 Å². The van der Waals surface area contributed by atoms with E-state index in [-0.39, 0.29) is 40.7 Å². The topological polar surface area (TPSA) is 116 Å². The van der Waals surface area contributed by atoms with Gasteiger partial charge in [-0.2, -0.15) is 13.9 Å². The van der Waals surface area contributed by atoms with Crippen molar-refractivity contribution in [3.63, 3.8) is 0 Å². The summed E-state index contributed by atoms with van der Waals surface area (Å²) in [6.07, 6.45) is 1.64. The van der Waals surface area contributed by atoms with Crippen LogP contribution < -0.4 is 10.5 Å². The lowest BCUT2D eigenvalue weighted by Crippen LogP contribution is -2.37. The largest absolute Gasteiger partial charge is 0.451 e. The van der Waals surface area contributed by atoms with Crippen molar-refractivity contribution >= 4 is 28.5 Å². The summed E-state index contributed by atoms with van der Waals surface area (Å²) >= 11 is 0. The molecule has 0 bridgehead atoms. The normalized spacial score (nSPS) is 15.3. The zero-order valence-electron chi connectivity index (χ0n) is 21.1. The summed E-state index contributed by atoms with van der Waals surface area (Å²) in [5, 5.41) is 4.72. The third-order valence-electron chi connectivity index (χ3n) is 6.54. The molecular weight excluding hydrogens is 539 g/mol. The van der Waals surface area contributed by atoms with Crippen molar-refractivity contribution in [3.05, 3.63) is 59.7 Å². The third kappa shape index (κ3) is 4.58. The van der Waals surface area contributed by atoms with Crippen LogP contribution >= 0.6 is 0 Å². The second-order valence-corrected chi connectivity index (χ2v) is 9.50. The van der Waals surface area contributed by atoms with E-state index in [2.05, 4.69) is 15.1 Å². The quantitative estimate of drug-likeness (QED) is 0.209. The molecule has 2 aromatic carbocycles. The molecule has 1 amide bonds. The molecule has 3 heterocycles. The fourth-order valence-electron chi connectivity index (χ4n) is 4.48. The summed E-state index contributed by atoms with van der Waals surface area (Å²) in [7, 11) is 0. The highest BCUT2D eigenvalue weighted by Crippen LogP contribution is 2.37. The molecular formula is C26H21F5N6O3. The molecule has 1 saturated heterocycles. The van der Waals surface area contributed by atoms with Gasteiger partial charge in [0, 0.05) is 36.7 Å². The number of likely N-dealkylation sites (tertiary alicyclic amines) is 1. The van der Waals surface area contributed by atoms with Crippen LogP contribution in [0.1, 0.15) is 26.3 Å². The lowest BCUT2D eigenvalue weighted by molar-refractivity contribution is -0.145. The maximum Gasteiger partial charge on any atom is 0.290 e. The summed E-state index contributed by atoms with van der Waals surface area (Å²) in [5.74, 6) is -11.3. The number of anilines is 1. The van der Waals surface area contributed by atoms with Gasteiger partial charge in [0.15, 0.2) is 17.3 Å². The van der Waals surface area contributed by atoms with E-state index in [4.69, 9.17) is 10.5 Å². The Hall–Kier alpha value is -4.62. The minimum atomic E-state index is -1.78. The fourth-order valence-corrected chi connectivity index (χ4v) is 4.48. The Morgan fingerprint density at radius 2 is 1.73 bits per heavy atom. The van der Waals surface area contributed by atoms with Crippen molar-refractivity contribution in [1.82, 2.24) is 24.6 Å². The zero-order valence-corrected chi connectivity index (χ0v) is 21.1. The Morgan fingerprint density at radius 1 is 1.02 bits per heavy atom. The number of carbonyl (C=O) groups is 2. The molecule has 0 unspecified atom stereocenters. The number of ketones is 1. The number of ether oxygens (including phenoxy) is 1. The number of hydrogen-bond donors (Lipinski definition) is 1. The summed E-state index contributed by atoms with van der Waals surface area (Å²) < 4.78 is 76.9. The zero-order chi connectivity index (χ0) is 28.9. The molecule has 5 rings (SSSR count). The van der Waals surface area contributed by atoms with Gasteiger partial charge in [-0.25, -0.2) is 27.8 Å². The lowest BCUT2D eigenvalue weighted by atomic mass is 10.1. The minimum Gasteiger partial charge on any atom is -0.451 e. The lowest BCUT2D eigenvalue weighted by Gasteiger charge is -2.17. The highest BCUT2D eigenvalue weighted by Gasteiger charge is 2.34.